The van der Waals surface area contributed by atoms with E-state index < -0.39 is 0 Å². The second-order valence-electron chi connectivity index (χ2n) is 4.89. The van der Waals surface area contributed by atoms with Gasteiger partial charge in [-0.1, -0.05) is 37.5 Å². The number of anilines is 1. The van der Waals surface area contributed by atoms with Gasteiger partial charge in [-0.2, -0.15) is 0 Å². The number of nitrogens with two attached hydrogens (primary N) is 1. The number of fused-ring (bicyclic) bond motifs is 1. The molecule has 1 aromatic heterocycles. The van der Waals surface area contributed by atoms with Crippen molar-refractivity contribution in [2.45, 2.75) is 19.8 Å². The van der Waals surface area contributed by atoms with Crippen LogP contribution in [0.3, 0.4) is 0 Å². The van der Waals surface area contributed by atoms with Gasteiger partial charge in [-0.05, 0) is 12.0 Å². The van der Waals surface area contributed by atoms with E-state index in [4.69, 9.17) is 12.2 Å². The van der Waals surface area contributed by atoms with E-state index in [2.05, 4.69) is 23.0 Å². The fourth-order valence-corrected chi connectivity index (χ4v) is 2.23. The highest BCUT2D eigenvalue weighted by atomic mass is 16.2. The van der Waals surface area contributed by atoms with E-state index >= 15 is 0 Å². The zero-order valence-corrected chi connectivity index (χ0v) is 12.3. The molecule has 0 atom stereocenters. The lowest BCUT2D eigenvalue weighted by Crippen LogP contribution is -2.29. The Balaban J connectivity index is 2.52. The predicted molar refractivity (Wildman–Crippen MR) is 83.7 cm³/mol. The topological polar surface area (TPSA) is 72.1 Å². The minimum absolute atomic E-state index is 0.147. The summed E-state index contributed by atoms with van der Waals surface area (Å²) >= 11 is 0. The van der Waals surface area contributed by atoms with Crippen LogP contribution in [-0.2, 0) is 6.42 Å². The summed E-state index contributed by atoms with van der Waals surface area (Å²) in [4.78, 5) is 13.6. The van der Waals surface area contributed by atoms with Crippen LogP contribution in [0, 0.1) is 12.3 Å². The predicted octanol–water partition coefficient (Wildman–Crippen LogP) is 1.87. The van der Waals surface area contributed by atoms with E-state index in [1.54, 1.807) is 7.05 Å². The summed E-state index contributed by atoms with van der Waals surface area (Å²) in [6, 6.07) is 5.78. The van der Waals surface area contributed by atoms with Gasteiger partial charge in [0.05, 0.1) is 17.7 Å². The highest BCUT2D eigenvalue weighted by Gasteiger charge is 2.19. The number of benzene rings is 1. The van der Waals surface area contributed by atoms with Gasteiger partial charge in [-0.25, -0.2) is 0 Å². The number of nitrogen functional groups attached to an aromatic ring is 1. The van der Waals surface area contributed by atoms with E-state index in [0.717, 1.165) is 29.3 Å². The third-order valence-electron chi connectivity index (χ3n) is 3.31. The van der Waals surface area contributed by atoms with Crippen molar-refractivity contribution in [3.63, 3.8) is 0 Å². The first-order valence-electron chi connectivity index (χ1n) is 6.82. The molecule has 5 heteroatoms. The molecule has 0 saturated heterocycles. The lowest BCUT2D eigenvalue weighted by Gasteiger charge is -2.15. The number of aryl methyl sites for hydroxylation is 1. The second-order valence-corrected chi connectivity index (χ2v) is 4.89. The summed E-state index contributed by atoms with van der Waals surface area (Å²) < 4.78 is 0. The molecule has 0 saturated carbocycles. The van der Waals surface area contributed by atoms with Crippen molar-refractivity contribution in [1.82, 2.24) is 15.1 Å². The first-order valence-corrected chi connectivity index (χ1v) is 6.82. The van der Waals surface area contributed by atoms with Crippen LogP contribution >= 0.6 is 0 Å². The monoisotopic (exact) mass is 282 g/mol. The number of terminal acetylenes is 1. The van der Waals surface area contributed by atoms with Crippen molar-refractivity contribution in [3.05, 3.63) is 29.5 Å². The SMILES string of the molecule is C#CCN(C)C(=O)c1nnc2c(CCC)cccc2c1N. The first-order chi connectivity index (χ1) is 10.1. The van der Waals surface area contributed by atoms with Crippen LogP contribution in [0.2, 0.25) is 0 Å². The maximum absolute atomic E-state index is 12.3. The van der Waals surface area contributed by atoms with Gasteiger partial charge in [0.25, 0.3) is 5.91 Å². The highest BCUT2D eigenvalue weighted by Crippen LogP contribution is 2.25. The van der Waals surface area contributed by atoms with Gasteiger partial charge in [0, 0.05) is 12.4 Å². The number of nitrogens with zero attached hydrogens (tertiary/aromatic N) is 3. The minimum atomic E-state index is -0.319. The Morgan fingerprint density at radius 2 is 2.19 bits per heavy atom. The Bertz CT molecular complexity index is 718. The van der Waals surface area contributed by atoms with Crippen LogP contribution in [0.1, 0.15) is 29.4 Å². The van der Waals surface area contributed by atoms with Crippen LogP contribution in [0.4, 0.5) is 5.69 Å². The Labute approximate surface area is 124 Å². The largest absolute Gasteiger partial charge is 0.396 e. The molecule has 21 heavy (non-hydrogen) atoms. The van der Waals surface area contributed by atoms with Crippen molar-refractivity contribution in [2.24, 2.45) is 0 Å². The molecule has 2 aromatic rings. The van der Waals surface area contributed by atoms with Crippen molar-refractivity contribution < 1.29 is 4.79 Å². The molecule has 0 aliphatic rings. The third-order valence-corrected chi connectivity index (χ3v) is 3.31. The molecule has 0 aliphatic carbocycles. The molecule has 2 rings (SSSR count). The quantitative estimate of drug-likeness (QED) is 0.869. The average molecular weight is 282 g/mol. The fraction of sp³-hybridized carbons (Fsp3) is 0.312. The number of hydrogen-bond donors (Lipinski definition) is 1. The van der Waals surface area contributed by atoms with E-state index in [9.17, 15) is 4.79 Å². The summed E-state index contributed by atoms with van der Waals surface area (Å²) in [6.07, 6.45) is 7.12. The molecule has 1 heterocycles. The summed E-state index contributed by atoms with van der Waals surface area (Å²) in [5, 5.41) is 8.97. The van der Waals surface area contributed by atoms with E-state index in [1.165, 1.54) is 4.90 Å². The zero-order valence-electron chi connectivity index (χ0n) is 12.3. The lowest BCUT2D eigenvalue weighted by molar-refractivity contribution is 0.0807. The summed E-state index contributed by atoms with van der Waals surface area (Å²) in [5.74, 6) is 2.10. The molecular formula is C16H18N4O. The van der Waals surface area contributed by atoms with Crippen LogP contribution in [0.5, 0.6) is 0 Å². The minimum Gasteiger partial charge on any atom is -0.396 e. The van der Waals surface area contributed by atoms with E-state index in [-0.39, 0.29) is 18.1 Å². The molecule has 1 aromatic carbocycles. The summed E-state index contributed by atoms with van der Waals surface area (Å²) in [5.41, 5.74) is 8.46. The van der Waals surface area contributed by atoms with Gasteiger partial charge in [0.15, 0.2) is 5.69 Å². The molecule has 5 nitrogen and oxygen atoms in total. The van der Waals surface area contributed by atoms with E-state index in [1.807, 2.05) is 18.2 Å². The van der Waals surface area contributed by atoms with Crippen LogP contribution in [-0.4, -0.2) is 34.6 Å². The standard InChI is InChI=1S/C16H18N4O/c1-4-7-11-8-6-9-12-13(17)15(19-18-14(11)12)16(21)20(3)10-5-2/h2,6,8-9H,4,7,10H2,1,3H3,(H2,17,18). The summed E-state index contributed by atoms with van der Waals surface area (Å²) in [7, 11) is 1.61. The van der Waals surface area contributed by atoms with Crippen molar-refractivity contribution in [1.29, 1.82) is 0 Å². The van der Waals surface area contributed by atoms with Crippen molar-refractivity contribution in [3.8, 4) is 12.3 Å². The second kappa shape index (κ2) is 6.23. The molecule has 2 N–H and O–H groups in total. The number of aromatic nitrogens is 2. The molecule has 108 valence electrons. The van der Waals surface area contributed by atoms with Gasteiger partial charge in [0.2, 0.25) is 0 Å². The number of amides is 1. The van der Waals surface area contributed by atoms with Crippen LogP contribution in [0.15, 0.2) is 18.2 Å². The van der Waals surface area contributed by atoms with Crippen molar-refractivity contribution in [2.75, 3.05) is 19.3 Å². The maximum atomic E-state index is 12.3. The average Bonchev–Trinajstić information content (AvgIpc) is 2.48. The van der Waals surface area contributed by atoms with Crippen LogP contribution in [0.25, 0.3) is 10.9 Å². The fourth-order valence-electron chi connectivity index (χ4n) is 2.23. The molecule has 0 bridgehead atoms. The molecule has 0 aliphatic heterocycles. The van der Waals surface area contributed by atoms with E-state index in [0.29, 0.717) is 5.69 Å². The van der Waals surface area contributed by atoms with Crippen LogP contribution < -0.4 is 5.73 Å². The number of hydrogen-bond acceptors (Lipinski definition) is 4. The van der Waals surface area contributed by atoms with Gasteiger partial charge in [-0.15, -0.1) is 16.6 Å². The third kappa shape index (κ3) is 2.79. The molecule has 0 radical (unpaired) electrons. The normalized spacial score (nSPS) is 10.3. The lowest BCUT2D eigenvalue weighted by atomic mass is 10.0. The van der Waals surface area contributed by atoms with Gasteiger partial charge in [-0.3, -0.25) is 4.79 Å². The number of rotatable bonds is 4. The molecule has 1 amide bonds. The van der Waals surface area contributed by atoms with Crippen molar-refractivity contribution >= 4 is 22.5 Å². The van der Waals surface area contributed by atoms with Gasteiger partial charge < -0.3 is 10.6 Å². The molecule has 0 fully saturated rings. The Morgan fingerprint density at radius 1 is 1.43 bits per heavy atom. The highest BCUT2D eigenvalue weighted by molar-refractivity contribution is 6.04. The van der Waals surface area contributed by atoms with Gasteiger partial charge in [0.1, 0.15) is 0 Å². The molecular weight excluding hydrogens is 264 g/mol. The Morgan fingerprint density at radius 3 is 2.86 bits per heavy atom. The number of carbonyl (C=O) groups excluding carboxylic acids is 1. The van der Waals surface area contributed by atoms with Gasteiger partial charge >= 0.3 is 0 Å². The number of carbonyl (C=O) groups is 1. The molecule has 0 spiro atoms. The zero-order chi connectivity index (χ0) is 15.4. The Hall–Kier alpha value is -2.61. The smallest absolute Gasteiger partial charge is 0.277 e. The maximum Gasteiger partial charge on any atom is 0.277 e. The summed E-state index contributed by atoms with van der Waals surface area (Å²) in [6.45, 7) is 2.30. The Kier molecular flexibility index (Phi) is 4.39. The molecule has 0 unspecified atom stereocenters. The first kappa shape index (κ1) is 14.8.